The highest BCUT2D eigenvalue weighted by molar-refractivity contribution is 5.68. The largest absolute Gasteiger partial charge is 0.383 e. The third-order valence-electron chi connectivity index (χ3n) is 5.27. The summed E-state index contributed by atoms with van der Waals surface area (Å²) in [5, 5.41) is 0. The van der Waals surface area contributed by atoms with Gasteiger partial charge in [0.1, 0.15) is 17.5 Å². The van der Waals surface area contributed by atoms with Crippen LogP contribution in [-0.4, -0.2) is 39.2 Å². The molecule has 1 unspecified atom stereocenters. The number of nitrogens with two attached hydrogens (primary N) is 2. The van der Waals surface area contributed by atoms with E-state index < -0.39 is 0 Å². The van der Waals surface area contributed by atoms with Gasteiger partial charge in [-0.25, -0.2) is 9.37 Å². The number of anilines is 4. The molecule has 4 N–H and O–H groups in total. The van der Waals surface area contributed by atoms with Gasteiger partial charge >= 0.3 is 0 Å². The lowest BCUT2D eigenvalue weighted by atomic mass is 9.93. The van der Waals surface area contributed by atoms with E-state index in [9.17, 15) is 4.39 Å². The molecular weight excluding hydrogens is 385 g/mol. The van der Waals surface area contributed by atoms with Gasteiger partial charge in [-0.2, -0.15) is 9.97 Å². The molecular formula is C21H24FN7O. The van der Waals surface area contributed by atoms with Crippen molar-refractivity contribution in [2.75, 3.05) is 29.5 Å². The minimum absolute atomic E-state index is 0.0263. The van der Waals surface area contributed by atoms with Crippen LogP contribution in [-0.2, 0) is 4.74 Å². The maximum atomic E-state index is 13.4. The van der Waals surface area contributed by atoms with Crippen molar-refractivity contribution in [1.29, 1.82) is 0 Å². The Hall–Kier alpha value is -3.33. The zero-order chi connectivity index (χ0) is 21.1. The molecule has 0 amide bonds. The summed E-state index contributed by atoms with van der Waals surface area (Å²) in [6, 6.07) is 6.30. The van der Waals surface area contributed by atoms with Crippen LogP contribution < -0.4 is 16.4 Å². The van der Waals surface area contributed by atoms with E-state index in [2.05, 4.69) is 19.9 Å². The molecule has 0 radical (unpaired) electrons. The molecule has 0 spiro atoms. The SMILES string of the molecule is C[C@@H](c1ccc(F)cc1)c1c(N)nc(N)nc1N(CC1CCCO1)c1cnccn1. The van der Waals surface area contributed by atoms with Crippen molar-refractivity contribution >= 4 is 23.4 Å². The van der Waals surface area contributed by atoms with E-state index in [1.807, 2.05) is 11.8 Å². The Morgan fingerprint density at radius 1 is 1.20 bits per heavy atom. The average Bonchev–Trinajstić information content (AvgIpc) is 3.25. The summed E-state index contributed by atoms with van der Waals surface area (Å²) in [6.07, 6.45) is 6.86. The first-order valence-corrected chi connectivity index (χ1v) is 9.86. The topological polar surface area (TPSA) is 116 Å². The number of rotatable bonds is 6. The average molecular weight is 409 g/mol. The zero-order valence-corrected chi connectivity index (χ0v) is 16.7. The van der Waals surface area contributed by atoms with Crippen molar-refractivity contribution in [3.63, 3.8) is 0 Å². The van der Waals surface area contributed by atoms with Crippen molar-refractivity contribution < 1.29 is 9.13 Å². The number of ether oxygens (including phenoxy) is 1. The molecule has 9 heteroatoms. The molecule has 1 saturated heterocycles. The van der Waals surface area contributed by atoms with Gasteiger partial charge in [0.2, 0.25) is 5.95 Å². The van der Waals surface area contributed by atoms with Crippen LogP contribution in [0.1, 0.15) is 36.8 Å². The van der Waals surface area contributed by atoms with Crippen molar-refractivity contribution in [2.45, 2.75) is 31.8 Å². The van der Waals surface area contributed by atoms with E-state index in [0.717, 1.165) is 25.0 Å². The molecule has 2 aromatic heterocycles. The lowest BCUT2D eigenvalue weighted by Gasteiger charge is -2.29. The minimum Gasteiger partial charge on any atom is -0.383 e. The van der Waals surface area contributed by atoms with Gasteiger partial charge in [-0.3, -0.25) is 4.98 Å². The third kappa shape index (κ3) is 4.16. The fourth-order valence-corrected chi connectivity index (χ4v) is 3.74. The number of aromatic nitrogens is 4. The number of halogens is 1. The molecule has 8 nitrogen and oxygen atoms in total. The van der Waals surface area contributed by atoms with Crippen LogP contribution >= 0.6 is 0 Å². The van der Waals surface area contributed by atoms with E-state index in [1.54, 1.807) is 30.7 Å². The summed E-state index contributed by atoms with van der Waals surface area (Å²) in [6.45, 7) is 3.23. The van der Waals surface area contributed by atoms with Crippen molar-refractivity contribution in [3.8, 4) is 0 Å². The predicted molar refractivity (Wildman–Crippen MR) is 113 cm³/mol. The fraction of sp³-hybridized carbons (Fsp3) is 0.333. The summed E-state index contributed by atoms with van der Waals surface area (Å²) < 4.78 is 19.3. The molecule has 1 aliphatic rings. The Kier molecular flexibility index (Phi) is 5.71. The van der Waals surface area contributed by atoms with Crippen LogP contribution in [0.2, 0.25) is 0 Å². The highest BCUT2D eigenvalue weighted by Gasteiger charge is 2.28. The van der Waals surface area contributed by atoms with Gasteiger partial charge in [-0.05, 0) is 30.5 Å². The molecule has 0 saturated carbocycles. The predicted octanol–water partition coefficient (Wildman–Crippen LogP) is 3.04. The normalized spacial score (nSPS) is 17.1. The second-order valence-electron chi connectivity index (χ2n) is 7.29. The lowest BCUT2D eigenvalue weighted by molar-refractivity contribution is 0.117. The third-order valence-corrected chi connectivity index (χ3v) is 5.27. The molecule has 4 rings (SSSR count). The maximum absolute atomic E-state index is 13.4. The van der Waals surface area contributed by atoms with Crippen molar-refractivity contribution in [1.82, 2.24) is 19.9 Å². The Morgan fingerprint density at radius 3 is 2.67 bits per heavy atom. The first-order valence-electron chi connectivity index (χ1n) is 9.86. The van der Waals surface area contributed by atoms with E-state index in [0.29, 0.717) is 23.7 Å². The van der Waals surface area contributed by atoms with Crippen molar-refractivity contribution in [3.05, 3.63) is 59.8 Å². The van der Waals surface area contributed by atoms with Crippen LogP contribution in [0, 0.1) is 5.82 Å². The zero-order valence-electron chi connectivity index (χ0n) is 16.7. The summed E-state index contributed by atoms with van der Waals surface area (Å²) in [7, 11) is 0. The molecule has 1 fully saturated rings. The van der Waals surface area contributed by atoms with Gasteiger partial charge < -0.3 is 21.1 Å². The standard InChI is InChI=1S/C21H24FN7O/c1-13(14-4-6-15(22)7-5-14)18-19(23)27-21(24)28-20(18)29(12-16-3-2-10-30-16)17-11-25-8-9-26-17/h4-9,11,13,16H,2-3,10,12H2,1H3,(H4,23,24,27,28)/t13-,16?/m0/s1. The molecule has 156 valence electrons. The summed E-state index contributed by atoms with van der Waals surface area (Å²) in [4.78, 5) is 19.3. The van der Waals surface area contributed by atoms with Gasteiger partial charge in [0.15, 0.2) is 5.82 Å². The summed E-state index contributed by atoms with van der Waals surface area (Å²) >= 11 is 0. The Morgan fingerprint density at radius 2 is 2.00 bits per heavy atom. The quantitative estimate of drug-likeness (QED) is 0.638. The molecule has 3 heterocycles. The summed E-state index contributed by atoms with van der Waals surface area (Å²) in [5.41, 5.74) is 13.9. The van der Waals surface area contributed by atoms with Gasteiger partial charge in [-0.15, -0.1) is 0 Å². The molecule has 0 bridgehead atoms. The van der Waals surface area contributed by atoms with E-state index in [-0.39, 0.29) is 29.6 Å². The Bertz CT molecular complexity index is 994. The van der Waals surface area contributed by atoms with E-state index in [4.69, 9.17) is 16.2 Å². The number of hydrogen-bond acceptors (Lipinski definition) is 8. The van der Waals surface area contributed by atoms with Gasteiger partial charge in [0.05, 0.1) is 18.8 Å². The molecule has 2 atom stereocenters. The Labute approximate surface area is 174 Å². The summed E-state index contributed by atoms with van der Waals surface area (Å²) in [5.74, 6) is 0.998. The second kappa shape index (κ2) is 8.58. The van der Waals surface area contributed by atoms with Crippen LogP contribution in [0.3, 0.4) is 0 Å². The molecule has 1 aliphatic heterocycles. The van der Waals surface area contributed by atoms with Crippen molar-refractivity contribution in [2.24, 2.45) is 0 Å². The Balaban J connectivity index is 1.82. The van der Waals surface area contributed by atoms with Gasteiger partial charge in [0.25, 0.3) is 0 Å². The molecule has 3 aromatic rings. The number of nitrogen functional groups attached to an aromatic ring is 2. The second-order valence-corrected chi connectivity index (χ2v) is 7.29. The van der Waals surface area contributed by atoms with E-state index in [1.165, 1.54) is 12.1 Å². The van der Waals surface area contributed by atoms with Crippen LogP contribution in [0.5, 0.6) is 0 Å². The molecule has 30 heavy (non-hydrogen) atoms. The first kappa shape index (κ1) is 20.0. The molecule has 0 aliphatic carbocycles. The van der Waals surface area contributed by atoms with Crippen LogP contribution in [0.4, 0.5) is 27.8 Å². The van der Waals surface area contributed by atoms with Crippen LogP contribution in [0.25, 0.3) is 0 Å². The van der Waals surface area contributed by atoms with E-state index >= 15 is 0 Å². The highest BCUT2D eigenvalue weighted by Crippen LogP contribution is 2.38. The highest BCUT2D eigenvalue weighted by atomic mass is 19.1. The lowest BCUT2D eigenvalue weighted by Crippen LogP contribution is -2.31. The smallest absolute Gasteiger partial charge is 0.223 e. The number of nitrogens with zero attached hydrogens (tertiary/aromatic N) is 5. The first-order chi connectivity index (χ1) is 14.5. The monoisotopic (exact) mass is 409 g/mol. The fourth-order valence-electron chi connectivity index (χ4n) is 3.74. The maximum Gasteiger partial charge on any atom is 0.223 e. The van der Waals surface area contributed by atoms with Gasteiger partial charge in [0, 0.05) is 30.5 Å². The van der Waals surface area contributed by atoms with Crippen LogP contribution in [0.15, 0.2) is 42.9 Å². The van der Waals surface area contributed by atoms with Gasteiger partial charge in [-0.1, -0.05) is 19.1 Å². The minimum atomic E-state index is -0.299. The number of benzene rings is 1. The number of hydrogen-bond donors (Lipinski definition) is 2. The molecule has 1 aromatic carbocycles.